The van der Waals surface area contributed by atoms with Gasteiger partial charge in [-0.15, -0.1) is 11.6 Å². The van der Waals surface area contributed by atoms with Crippen molar-refractivity contribution >= 4 is 11.6 Å². The summed E-state index contributed by atoms with van der Waals surface area (Å²) in [7, 11) is 0. The van der Waals surface area contributed by atoms with Crippen LogP contribution in [0.2, 0.25) is 0 Å². The zero-order valence-electron chi connectivity index (χ0n) is 7.44. The van der Waals surface area contributed by atoms with Crippen molar-refractivity contribution < 1.29 is 0 Å². The van der Waals surface area contributed by atoms with Crippen molar-refractivity contribution in [3.05, 3.63) is 12.2 Å². The summed E-state index contributed by atoms with van der Waals surface area (Å²) in [4.78, 5) is 0. The van der Waals surface area contributed by atoms with Crippen LogP contribution in [0.15, 0.2) is 12.2 Å². The number of hydrogen-bond donors (Lipinski definition) is 1. The van der Waals surface area contributed by atoms with Crippen LogP contribution >= 0.6 is 11.6 Å². The lowest BCUT2D eigenvalue weighted by Crippen LogP contribution is -2.20. The second-order valence-corrected chi connectivity index (χ2v) is 3.11. The van der Waals surface area contributed by atoms with Gasteiger partial charge in [-0.25, -0.2) is 0 Å². The van der Waals surface area contributed by atoms with Crippen LogP contribution in [0, 0.1) is 5.92 Å². The molecule has 0 spiro atoms. The molecule has 66 valence electrons. The molecule has 2 heteroatoms. The lowest BCUT2D eigenvalue weighted by Gasteiger charge is -2.07. The Labute approximate surface area is 74.8 Å². The fourth-order valence-electron chi connectivity index (χ4n) is 0.704. The van der Waals surface area contributed by atoms with E-state index in [1.54, 1.807) is 0 Å². The van der Waals surface area contributed by atoms with Gasteiger partial charge in [0, 0.05) is 12.4 Å². The highest BCUT2D eigenvalue weighted by Gasteiger charge is 1.94. The predicted octanol–water partition coefficient (Wildman–Crippen LogP) is 2.42. The standard InChI is InChI=1S/C9H18ClN/c1-3-9(2)8-11-7-5-4-6-10/h4-5,9,11H,3,6-8H2,1-2H3/b5-4+. The Balaban J connectivity index is 3.07. The van der Waals surface area contributed by atoms with Crippen molar-refractivity contribution in [1.82, 2.24) is 5.32 Å². The fraction of sp³-hybridized carbons (Fsp3) is 0.778. The van der Waals surface area contributed by atoms with Crippen LogP contribution in [-0.2, 0) is 0 Å². The van der Waals surface area contributed by atoms with Gasteiger partial charge in [0.15, 0.2) is 0 Å². The monoisotopic (exact) mass is 175 g/mol. The average Bonchev–Trinajstić information content (AvgIpc) is 2.04. The summed E-state index contributed by atoms with van der Waals surface area (Å²) in [6.07, 6.45) is 5.27. The summed E-state index contributed by atoms with van der Waals surface area (Å²) < 4.78 is 0. The van der Waals surface area contributed by atoms with Gasteiger partial charge in [0.1, 0.15) is 0 Å². The van der Waals surface area contributed by atoms with E-state index in [0.29, 0.717) is 5.88 Å². The quantitative estimate of drug-likeness (QED) is 0.372. The molecular weight excluding hydrogens is 158 g/mol. The third kappa shape index (κ3) is 7.89. The number of hydrogen-bond acceptors (Lipinski definition) is 1. The molecule has 1 atom stereocenters. The first-order chi connectivity index (χ1) is 5.31. The minimum absolute atomic E-state index is 0.616. The van der Waals surface area contributed by atoms with Crippen LogP contribution in [0.5, 0.6) is 0 Å². The maximum Gasteiger partial charge on any atom is 0.0404 e. The van der Waals surface area contributed by atoms with Crippen molar-refractivity contribution in [2.24, 2.45) is 5.92 Å². The lowest BCUT2D eigenvalue weighted by molar-refractivity contribution is 0.516. The largest absolute Gasteiger partial charge is 0.313 e. The van der Waals surface area contributed by atoms with Crippen LogP contribution < -0.4 is 5.32 Å². The number of alkyl halides is 1. The van der Waals surface area contributed by atoms with Crippen LogP contribution in [0.4, 0.5) is 0 Å². The third-order valence-electron chi connectivity index (χ3n) is 1.71. The van der Waals surface area contributed by atoms with Gasteiger partial charge in [-0.1, -0.05) is 32.4 Å². The van der Waals surface area contributed by atoms with Crippen LogP contribution in [-0.4, -0.2) is 19.0 Å². The Hall–Kier alpha value is -0.0100. The number of nitrogens with one attached hydrogen (secondary N) is 1. The summed E-state index contributed by atoms with van der Waals surface area (Å²) in [5.74, 6) is 1.39. The summed E-state index contributed by atoms with van der Waals surface area (Å²) in [5.41, 5.74) is 0. The Morgan fingerprint density at radius 1 is 1.45 bits per heavy atom. The molecule has 0 saturated heterocycles. The number of allylic oxidation sites excluding steroid dienone is 1. The molecular formula is C9H18ClN. The summed E-state index contributed by atoms with van der Waals surface area (Å²) >= 11 is 5.46. The second-order valence-electron chi connectivity index (χ2n) is 2.80. The normalized spacial score (nSPS) is 14.1. The first-order valence-corrected chi connectivity index (χ1v) is 4.76. The van der Waals surface area contributed by atoms with Crippen molar-refractivity contribution in [2.75, 3.05) is 19.0 Å². The van der Waals surface area contributed by atoms with E-state index < -0.39 is 0 Å². The van der Waals surface area contributed by atoms with E-state index >= 15 is 0 Å². The Kier molecular flexibility index (Phi) is 8.08. The lowest BCUT2D eigenvalue weighted by atomic mass is 10.1. The van der Waals surface area contributed by atoms with E-state index in [1.807, 2.05) is 6.08 Å². The molecule has 1 unspecified atom stereocenters. The molecule has 0 fully saturated rings. The van der Waals surface area contributed by atoms with Crippen molar-refractivity contribution in [1.29, 1.82) is 0 Å². The van der Waals surface area contributed by atoms with Gasteiger partial charge >= 0.3 is 0 Å². The second kappa shape index (κ2) is 8.09. The maximum atomic E-state index is 5.46. The Morgan fingerprint density at radius 2 is 2.18 bits per heavy atom. The Morgan fingerprint density at radius 3 is 2.73 bits per heavy atom. The van der Waals surface area contributed by atoms with E-state index in [0.717, 1.165) is 19.0 Å². The molecule has 11 heavy (non-hydrogen) atoms. The van der Waals surface area contributed by atoms with E-state index in [-0.39, 0.29) is 0 Å². The van der Waals surface area contributed by atoms with Crippen molar-refractivity contribution in [3.8, 4) is 0 Å². The zero-order valence-corrected chi connectivity index (χ0v) is 8.19. The molecule has 1 nitrogen and oxygen atoms in total. The SMILES string of the molecule is CCC(C)CNC/C=C/CCl. The van der Waals surface area contributed by atoms with Gasteiger partial charge in [-0.2, -0.15) is 0 Å². The highest BCUT2D eigenvalue weighted by molar-refractivity contribution is 6.18. The summed E-state index contributed by atoms with van der Waals surface area (Å²) in [6, 6.07) is 0. The maximum absolute atomic E-state index is 5.46. The zero-order chi connectivity index (χ0) is 8.53. The smallest absolute Gasteiger partial charge is 0.0404 e. The van der Waals surface area contributed by atoms with Gasteiger partial charge in [0.25, 0.3) is 0 Å². The highest BCUT2D eigenvalue weighted by atomic mass is 35.5. The minimum atomic E-state index is 0.616. The van der Waals surface area contributed by atoms with E-state index in [1.165, 1.54) is 6.42 Å². The van der Waals surface area contributed by atoms with Crippen LogP contribution in [0.1, 0.15) is 20.3 Å². The van der Waals surface area contributed by atoms with E-state index in [9.17, 15) is 0 Å². The molecule has 0 saturated carbocycles. The first-order valence-electron chi connectivity index (χ1n) is 4.23. The molecule has 0 aliphatic heterocycles. The predicted molar refractivity (Wildman–Crippen MR) is 52.2 cm³/mol. The van der Waals surface area contributed by atoms with E-state index in [2.05, 4.69) is 25.2 Å². The average molecular weight is 176 g/mol. The van der Waals surface area contributed by atoms with Crippen LogP contribution in [0.25, 0.3) is 0 Å². The number of halogens is 1. The van der Waals surface area contributed by atoms with Crippen molar-refractivity contribution in [2.45, 2.75) is 20.3 Å². The van der Waals surface area contributed by atoms with Gasteiger partial charge < -0.3 is 5.32 Å². The molecule has 0 aromatic heterocycles. The highest BCUT2D eigenvalue weighted by Crippen LogP contribution is 1.96. The molecule has 0 radical (unpaired) electrons. The molecule has 0 aliphatic rings. The van der Waals surface area contributed by atoms with Gasteiger partial charge in [-0.05, 0) is 12.5 Å². The minimum Gasteiger partial charge on any atom is -0.313 e. The van der Waals surface area contributed by atoms with Crippen LogP contribution in [0.3, 0.4) is 0 Å². The molecule has 0 aliphatic carbocycles. The first kappa shape index (κ1) is 11.0. The molecule has 0 aromatic carbocycles. The molecule has 1 N–H and O–H groups in total. The molecule has 0 bridgehead atoms. The molecule has 0 amide bonds. The topological polar surface area (TPSA) is 12.0 Å². The van der Waals surface area contributed by atoms with E-state index in [4.69, 9.17) is 11.6 Å². The molecule has 0 aromatic rings. The molecule has 0 rings (SSSR count). The Bertz CT molecular complexity index is 102. The number of rotatable bonds is 6. The molecule has 0 heterocycles. The summed E-state index contributed by atoms with van der Waals surface area (Å²) in [5, 5.41) is 3.33. The third-order valence-corrected chi connectivity index (χ3v) is 1.89. The van der Waals surface area contributed by atoms with Crippen molar-refractivity contribution in [3.63, 3.8) is 0 Å². The fourth-order valence-corrected chi connectivity index (χ4v) is 0.830. The van der Waals surface area contributed by atoms with Gasteiger partial charge in [-0.3, -0.25) is 0 Å². The summed E-state index contributed by atoms with van der Waals surface area (Å²) in [6.45, 7) is 6.50. The van der Waals surface area contributed by atoms with Gasteiger partial charge in [0.2, 0.25) is 0 Å². The van der Waals surface area contributed by atoms with Gasteiger partial charge in [0.05, 0.1) is 0 Å².